The van der Waals surface area contributed by atoms with Gasteiger partial charge in [-0.1, -0.05) is 0 Å². The maximum atomic E-state index is 11.6. The van der Waals surface area contributed by atoms with Crippen LogP contribution >= 0.6 is 0 Å². The molecule has 0 saturated carbocycles. The van der Waals surface area contributed by atoms with Crippen LogP contribution in [0.2, 0.25) is 0 Å². The van der Waals surface area contributed by atoms with Gasteiger partial charge in [-0.15, -0.1) is 0 Å². The summed E-state index contributed by atoms with van der Waals surface area (Å²) in [5.41, 5.74) is 0. The van der Waals surface area contributed by atoms with Gasteiger partial charge in [-0.25, -0.2) is 0 Å². The number of carbonyl (C=O) groups excluding carboxylic acids is 2. The molecule has 1 N–H and O–H groups in total. The Morgan fingerprint density at radius 2 is 2.33 bits per heavy atom. The quantitative estimate of drug-likeness (QED) is 0.546. The number of likely N-dealkylation sites (tertiary alicyclic amines) is 1. The molecule has 1 atom stereocenters. The lowest BCUT2D eigenvalue weighted by atomic mass is 9.98. The second kappa shape index (κ2) is 7.67. The number of nitrogens with zero attached hydrogens (tertiary/aromatic N) is 2. The first-order valence-electron chi connectivity index (χ1n) is 6.20. The minimum atomic E-state index is -0.181. The number of ether oxygens (including phenoxy) is 1. The lowest BCUT2D eigenvalue weighted by Crippen LogP contribution is -2.44. The Labute approximate surface area is 107 Å². The third-order valence-corrected chi connectivity index (χ3v) is 2.86. The normalized spacial score (nSPS) is 19.9. The van der Waals surface area contributed by atoms with Crippen molar-refractivity contribution in [2.75, 3.05) is 32.8 Å². The monoisotopic (exact) mass is 253 g/mol. The Balaban J connectivity index is 2.37. The Morgan fingerprint density at radius 1 is 1.56 bits per heavy atom. The van der Waals surface area contributed by atoms with Crippen LogP contribution in [0.5, 0.6) is 0 Å². The highest BCUT2D eigenvalue weighted by molar-refractivity contribution is 5.78. The highest BCUT2D eigenvalue weighted by atomic mass is 16.5. The van der Waals surface area contributed by atoms with Gasteiger partial charge in [-0.2, -0.15) is 5.26 Å². The maximum absolute atomic E-state index is 11.6. The van der Waals surface area contributed by atoms with E-state index in [0.29, 0.717) is 13.2 Å². The third kappa shape index (κ3) is 4.72. The maximum Gasteiger partial charge on any atom is 0.310 e. The average molecular weight is 253 g/mol. The number of amides is 1. The molecule has 0 bridgehead atoms. The Kier molecular flexibility index (Phi) is 6.15. The van der Waals surface area contributed by atoms with Crippen molar-refractivity contribution in [1.82, 2.24) is 10.2 Å². The predicted molar refractivity (Wildman–Crippen MR) is 64.4 cm³/mol. The summed E-state index contributed by atoms with van der Waals surface area (Å²) < 4.78 is 4.99. The van der Waals surface area contributed by atoms with Gasteiger partial charge in [-0.05, 0) is 26.3 Å². The van der Waals surface area contributed by atoms with Crippen LogP contribution in [-0.2, 0) is 14.3 Å². The van der Waals surface area contributed by atoms with Crippen LogP contribution in [-0.4, -0.2) is 49.6 Å². The van der Waals surface area contributed by atoms with E-state index in [0.717, 1.165) is 19.4 Å². The Morgan fingerprint density at radius 3 is 3.00 bits per heavy atom. The lowest BCUT2D eigenvalue weighted by molar-refractivity contribution is -0.150. The van der Waals surface area contributed by atoms with E-state index in [-0.39, 0.29) is 30.9 Å². The van der Waals surface area contributed by atoms with Gasteiger partial charge in [0.05, 0.1) is 25.1 Å². The minimum Gasteiger partial charge on any atom is -0.466 e. The van der Waals surface area contributed by atoms with E-state index < -0.39 is 0 Å². The van der Waals surface area contributed by atoms with E-state index in [1.165, 1.54) is 0 Å². The molecule has 1 rings (SSSR count). The highest BCUT2D eigenvalue weighted by Gasteiger charge is 2.27. The molecule has 6 heteroatoms. The smallest absolute Gasteiger partial charge is 0.310 e. The van der Waals surface area contributed by atoms with Crippen molar-refractivity contribution in [2.45, 2.75) is 19.8 Å². The largest absolute Gasteiger partial charge is 0.466 e. The van der Waals surface area contributed by atoms with Gasteiger partial charge < -0.3 is 10.1 Å². The molecule has 1 fully saturated rings. The number of piperidine rings is 1. The van der Waals surface area contributed by atoms with Crippen molar-refractivity contribution in [3.63, 3.8) is 0 Å². The van der Waals surface area contributed by atoms with Crippen LogP contribution in [0.1, 0.15) is 19.8 Å². The van der Waals surface area contributed by atoms with E-state index in [9.17, 15) is 9.59 Å². The van der Waals surface area contributed by atoms with Gasteiger partial charge in [0.15, 0.2) is 0 Å². The zero-order valence-electron chi connectivity index (χ0n) is 10.6. The molecule has 6 nitrogen and oxygen atoms in total. The fourth-order valence-electron chi connectivity index (χ4n) is 2.05. The standard InChI is InChI=1S/C12H19N3O3/c1-2-18-12(17)10-4-3-7-15(8-10)9-11(16)14-6-5-13/h10H,2-4,6-9H2,1H3,(H,14,16)/t10-/m0/s1. The average Bonchev–Trinajstić information content (AvgIpc) is 2.37. The summed E-state index contributed by atoms with van der Waals surface area (Å²) in [7, 11) is 0. The number of hydrogen-bond donors (Lipinski definition) is 1. The second-order valence-electron chi connectivity index (χ2n) is 4.26. The molecule has 1 aliphatic rings. The first-order chi connectivity index (χ1) is 8.67. The van der Waals surface area contributed by atoms with E-state index in [1.54, 1.807) is 6.92 Å². The topological polar surface area (TPSA) is 82.4 Å². The molecule has 1 saturated heterocycles. The molecule has 0 spiro atoms. The summed E-state index contributed by atoms with van der Waals surface area (Å²) >= 11 is 0. The van der Waals surface area contributed by atoms with Gasteiger partial charge in [0, 0.05) is 6.54 Å². The summed E-state index contributed by atoms with van der Waals surface area (Å²) in [5, 5.41) is 10.8. The van der Waals surface area contributed by atoms with Crippen LogP contribution in [0, 0.1) is 17.2 Å². The molecule has 0 aromatic rings. The van der Waals surface area contributed by atoms with Crippen LogP contribution in [0.4, 0.5) is 0 Å². The first kappa shape index (κ1) is 14.5. The minimum absolute atomic E-state index is 0.0218. The summed E-state index contributed by atoms with van der Waals surface area (Å²) in [4.78, 5) is 25.0. The number of nitriles is 1. The van der Waals surface area contributed by atoms with Gasteiger partial charge in [-0.3, -0.25) is 14.5 Å². The molecular weight excluding hydrogens is 234 g/mol. The van der Waals surface area contributed by atoms with E-state index in [2.05, 4.69) is 5.32 Å². The zero-order chi connectivity index (χ0) is 13.4. The van der Waals surface area contributed by atoms with Crippen molar-refractivity contribution < 1.29 is 14.3 Å². The fraction of sp³-hybridized carbons (Fsp3) is 0.750. The lowest BCUT2D eigenvalue weighted by Gasteiger charge is -2.30. The fourth-order valence-corrected chi connectivity index (χ4v) is 2.05. The summed E-state index contributed by atoms with van der Waals surface area (Å²) in [6, 6.07) is 1.86. The summed E-state index contributed by atoms with van der Waals surface area (Å²) in [6.45, 7) is 3.78. The van der Waals surface area contributed by atoms with Gasteiger partial charge in [0.2, 0.25) is 5.91 Å². The van der Waals surface area contributed by atoms with Crippen LogP contribution in [0.3, 0.4) is 0 Å². The van der Waals surface area contributed by atoms with Crippen LogP contribution < -0.4 is 5.32 Å². The SMILES string of the molecule is CCOC(=O)[C@H]1CCCN(CC(=O)NCC#N)C1. The van der Waals surface area contributed by atoms with Crippen molar-refractivity contribution in [3.05, 3.63) is 0 Å². The Hall–Kier alpha value is -1.61. The Bertz CT molecular complexity index is 338. The van der Waals surface area contributed by atoms with E-state index in [4.69, 9.17) is 10.00 Å². The summed E-state index contributed by atoms with van der Waals surface area (Å²) in [5.74, 6) is -0.497. The molecule has 0 aromatic carbocycles. The molecule has 0 aromatic heterocycles. The van der Waals surface area contributed by atoms with Gasteiger partial charge in [0.25, 0.3) is 0 Å². The summed E-state index contributed by atoms with van der Waals surface area (Å²) in [6.07, 6.45) is 1.70. The number of hydrogen-bond acceptors (Lipinski definition) is 5. The van der Waals surface area contributed by atoms with E-state index >= 15 is 0 Å². The van der Waals surface area contributed by atoms with Crippen molar-refractivity contribution in [2.24, 2.45) is 5.92 Å². The third-order valence-electron chi connectivity index (χ3n) is 2.86. The zero-order valence-corrected chi connectivity index (χ0v) is 10.6. The first-order valence-corrected chi connectivity index (χ1v) is 6.20. The highest BCUT2D eigenvalue weighted by Crippen LogP contribution is 2.17. The van der Waals surface area contributed by atoms with E-state index in [1.807, 2.05) is 11.0 Å². The molecule has 1 amide bonds. The number of esters is 1. The molecule has 0 aliphatic carbocycles. The predicted octanol–water partition coefficient (Wildman–Crippen LogP) is -0.0987. The molecule has 1 aliphatic heterocycles. The molecule has 0 radical (unpaired) electrons. The number of nitrogens with one attached hydrogen (secondary N) is 1. The number of carbonyl (C=O) groups is 2. The van der Waals surface area contributed by atoms with Gasteiger partial charge in [0.1, 0.15) is 6.54 Å². The van der Waals surface area contributed by atoms with Crippen molar-refractivity contribution in [3.8, 4) is 6.07 Å². The molecular formula is C12H19N3O3. The number of rotatable bonds is 5. The molecule has 0 unspecified atom stereocenters. The molecule has 18 heavy (non-hydrogen) atoms. The van der Waals surface area contributed by atoms with Crippen molar-refractivity contribution in [1.29, 1.82) is 5.26 Å². The van der Waals surface area contributed by atoms with Crippen LogP contribution in [0.25, 0.3) is 0 Å². The second-order valence-corrected chi connectivity index (χ2v) is 4.26. The van der Waals surface area contributed by atoms with Gasteiger partial charge >= 0.3 is 5.97 Å². The molecule has 1 heterocycles. The van der Waals surface area contributed by atoms with Crippen molar-refractivity contribution >= 4 is 11.9 Å². The van der Waals surface area contributed by atoms with Crippen LogP contribution in [0.15, 0.2) is 0 Å². The molecule has 100 valence electrons.